The Morgan fingerprint density at radius 2 is 2.07 bits per heavy atom. The minimum Gasteiger partial charge on any atom is -0.493 e. The second kappa shape index (κ2) is 5.50. The molecule has 0 heterocycles. The molecule has 0 aliphatic carbocycles. The van der Waals surface area contributed by atoms with Crippen molar-refractivity contribution in [3.8, 4) is 11.5 Å². The first-order valence-corrected chi connectivity index (χ1v) is 4.76. The molecule has 0 aliphatic heterocycles. The van der Waals surface area contributed by atoms with Crippen LogP contribution in [0.1, 0.15) is 12.5 Å². The van der Waals surface area contributed by atoms with E-state index in [1.165, 1.54) is 5.56 Å². The van der Waals surface area contributed by atoms with Crippen LogP contribution in [-0.2, 0) is 6.54 Å². The van der Waals surface area contributed by atoms with Crippen molar-refractivity contribution < 1.29 is 9.47 Å². The largest absolute Gasteiger partial charge is 0.493 e. The van der Waals surface area contributed by atoms with E-state index in [2.05, 4.69) is 5.32 Å². The molecular formula is C11H17NO2. The van der Waals surface area contributed by atoms with Crippen LogP contribution in [0, 0.1) is 0 Å². The van der Waals surface area contributed by atoms with Crippen LogP contribution in [0.5, 0.6) is 11.5 Å². The second-order valence-electron chi connectivity index (χ2n) is 2.95. The molecule has 0 amide bonds. The number of hydrogen-bond acceptors (Lipinski definition) is 3. The molecule has 3 heteroatoms. The molecule has 1 aromatic rings. The number of methoxy groups -OCH3 is 1. The summed E-state index contributed by atoms with van der Waals surface area (Å²) in [7, 11) is 3.57. The zero-order chi connectivity index (χ0) is 10.4. The van der Waals surface area contributed by atoms with Crippen molar-refractivity contribution >= 4 is 0 Å². The number of nitrogens with one attached hydrogen (secondary N) is 1. The average Bonchev–Trinajstić information content (AvgIpc) is 2.21. The topological polar surface area (TPSA) is 30.5 Å². The first-order chi connectivity index (χ1) is 6.81. The maximum Gasteiger partial charge on any atom is 0.161 e. The van der Waals surface area contributed by atoms with Crippen molar-refractivity contribution in [2.24, 2.45) is 0 Å². The highest BCUT2D eigenvalue weighted by molar-refractivity contribution is 5.42. The lowest BCUT2D eigenvalue weighted by Crippen LogP contribution is -2.05. The summed E-state index contributed by atoms with van der Waals surface area (Å²) in [6, 6.07) is 5.96. The van der Waals surface area contributed by atoms with E-state index >= 15 is 0 Å². The zero-order valence-corrected chi connectivity index (χ0v) is 8.96. The maximum atomic E-state index is 5.42. The summed E-state index contributed by atoms with van der Waals surface area (Å²) in [5.41, 5.74) is 1.19. The van der Waals surface area contributed by atoms with Gasteiger partial charge in [0.15, 0.2) is 11.5 Å². The Morgan fingerprint density at radius 3 is 2.64 bits per heavy atom. The molecule has 0 saturated heterocycles. The molecule has 14 heavy (non-hydrogen) atoms. The predicted molar refractivity (Wildman–Crippen MR) is 56.9 cm³/mol. The van der Waals surface area contributed by atoms with Gasteiger partial charge in [-0.15, -0.1) is 0 Å². The van der Waals surface area contributed by atoms with Gasteiger partial charge < -0.3 is 14.8 Å². The summed E-state index contributed by atoms with van der Waals surface area (Å²) < 4.78 is 10.6. The van der Waals surface area contributed by atoms with Crippen molar-refractivity contribution in [1.29, 1.82) is 0 Å². The Morgan fingerprint density at radius 1 is 1.29 bits per heavy atom. The van der Waals surface area contributed by atoms with Crippen molar-refractivity contribution in [2.75, 3.05) is 20.8 Å². The summed E-state index contributed by atoms with van der Waals surface area (Å²) in [6.07, 6.45) is 0. The molecule has 1 rings (SSSR count). The molecule has 0 saturated carbocycles. The Bertz CT molecular complexity index is 287. The third-order valence-corrected chi connectivity index (χ3v) is 1.91. The highest BCUT2D eigenvalue weighted by Gasteiger charge is 2.04. The van der Waals surface area contributed by atoms with Crippen LogP contribution in [0.3, 0.4) is 0 Å². The highest BCUT2D eigenvalue weighted by atomic mass is 16.5. The molecule has 1 N–H and O–H groups in total. The lowest BCUT2D eigenvalue weighted by molar-refractivity contribution is 0.310. The van der Waals surface area contributed by atoms with Crippen molar-refractivity contribution in [1.82, 2.24) is 5.32 Å². The second-order valence-corrected chi connectivity index (χ2v) is 2.95. The molecule has 3 nitrogen and oxygen atoms in total. The van der Waals surface area contributed by atoms with E-state index in [0.29, 0.717) is 6.61 Å². The Hall–Kier alpha value is -1.22. The Balaban J connectivity index is 2.87. The van der Waals surface area contributed by atoms with E-state index in [-0.39, 0.29) is 0 Å². The molecule has 78 valence electrons. The van der Waals surface area contributed by atoms with Gasteiger partial charge >= 0.3 is 0 Å². The molecule has 0 atom stereocenters. The van der Waals surface area contributed by atoms with Crippen LogP contribution in [0.15, 0.2) is 18.2 Å². The number of rotatable bonds is 5. The molecule has 0 unspecified atom stereocenters. The normalized spacial score (nSPS) is 9.93. The van der Waals surface area contributed by atoms with E-state index in [1.54, 1.807) is 7.11 Å². The minimum absolute atomic E-state index is 0.654. The molecule has 1 aromatic carbocycles. The van der Waals surface area contributed by atoms with Crippen molar-refractivity contribution in [3.05, 3.63) is 23.8 Å². The van der Waals surface area contributed by atoms with Crippen LogP contribution in [-0.4, -0.2) is 20.8 Å². The molecule has 0 fully saturated rings. The molecule has 0 aliphatic rings. The van der Waals surface area contributed by atoms with Gasteiger partial charge in [-0.2, -0.15) is 0 Å². The van der Waals surface area contributed by atoms with Gasteiger partial charge in [-0.25, -0.2) is 0 Å². The molecule has 0 bridgehead atoms. The van der Waals surface area contributed by atoms with Crippen LogP contribution in [0.2, 0.25) is 0 Å². The minimum atomic E-state index is 0.654. The zero-order valence-electron chi connectivity index (χ0n) is 8.96. The third-order valence-electron chi connectivity index (χ3n) is 1.91. The number of hydrogen-bond donors (Lipinski definition) is 1. The monoisotopic (exact) mass is 195 g/mol. The van der Waals surface area contributed by atoms with E-state index in [1.807, 2.05) is 32.2 Å². The number of benzene rings is 1. The van der Waals surface area contributed by atoms with Crippen molar-refractivity contribution in [2.45, 2.75) is 13.5 Å². The predicted octanol–water partition coefficient (Wildman–Crippen LogP) is 1.81. The summed E-state index contributed by atoms with van der Waals surface area (Å²) in [6.45, 7) is 3.45. The van der Waals surface area contributed by atoms with Gasteiger partial charge in [0.05, 0.1) is 13.7 Å². The quantitative estimate of drug-likeness (QED) is 0.777. The van der Waals surface area contributed by atoms with Gasteiger partial charge in [0.1, 0.15) is 0 Å². The lowest BCUT2D eigenvalue weighted by Gasteiger charge is -2.10. The standard InChI is InChI=1S/C11H17NO2/c1-4-14-10-6-5-9(8-12-2)7-11(10)13-3/h5-7,12H,4,8H2,1-3H3. The fourth-order valence-corrected chi connectivity index (χ4v) is 1.30. The fraction of sp³-hybridized carbons (Fsp3) is 0.455. The maximum absolute atomic E-state index is 5.42. The van der Waals surface area contributed by atoms with Crippen LogP contribution in [0.4, 0.5) is 0 Å². The first kappa shape index (κ1) is 10.9. The van der Waals surface area contributed by atoms with Crippen molar-refractivity contribution in [3.63, 3.8) is 0 Å². The smallest absolute Gasteiger partial charge is 0.161 e. The van der Waals surface area contributed by atoms with E-state index in [0.717, 1.165) is 18.0 Å². The highest BCUT2D eigenvalue weighted by Crippen LogP contribution is 2.27. The molecule has 0 aromatic heterocycles. The van der Waals surface area contributed by atoms with Crippen LogP contribution in [0.25, 0.3) is 0 Å². The Kier molecular flexibility index (Phi) is 4.26. The van der Waals surface area contributed by atoms with E-state index in [4.69, 9.17) is 9.47 Å². The SMILES string of the molecule is CCOc1ccc(CNC)cc1OC. The van der Waals surface area contributed by atoms with Gasteiger partial charge in [0, 0.05) is 6.54 Å². The van der Waals surface area contributed by atoms with Crippen LogP contribution < -0.4 is 14.8 Å². The Labute approximate surface area is 85.0 Å². The lowest BCUT2D eigenvalue weighted by atomic mass is 10.2. The van der Waals surface area contributed by atoms with Gasteiger partial charge in [0.2, 0.25) is 0 Å². The molecule has 0 radical (unpaired) electrons. The molecular weight excluding hydrogens is 178 g/mol. The first-order valence-electron chi connectivity index (χ1n) is 4.76. The van der Waals surface area contributed by atoms with Gasteiger partial charge in [-0.05, 0) is 31.7 Å². The van der Waals surface area contributed by atoms with Crippen LogP contribution >= 0.6 is 0 Å². The van der Waals surface area contributed by atoms with E-state index in [9.17, 15) is 0 Å². The summed E-state index contributed by atoms with van der Waals surface area (Å²) in [4.78, 5) is 0. The fourth-order valence-electron chi connectivity index (χ4n) is 1.30. The summed E-state index contributed by atoms with van der Waals surface area (Å²) in [5.74, 6) is 1.59. The summed E-state index contributed by atoms with van der Waals surface area (Å²) >= 11 is 0. The molecule has 0 spiro atoms. The van der Waals surface area contributed by atoms with Gasteiger partial charge in [0.25, 0.3) is 0 Å². The average molecular weight is 195 g/mol. The summed E-state index contributed by atoms with van der Waals surface area (Å²) in [5, 5.41) is 3.09. The third kappa shape index (κ3) is 2.64. The number of ether oxygens (including phenoxy) is 2. The van der Waals surface area contributed by atoms with Gasteiger partial charge in [-0.3, -0.25) is 0 Å². The van der Waals surface area contributed by atoms with E-state index < -0.39 is 0 Å². The van der Waals surface area contributed by atoms with Gasteiger partial charge in [-0.1, -0.05) is 6.07 Å².